The fourth-order valence-corrected chi connectivity index (χ4v) is 2.95. The van der Waals surface area contributed by atoms with Crippen molar-refractivity contribution in [2.24, 2.45) is 7.05 Å². The second kappa shape index (κ2) is 5.69. The summed E-state index contributed by atoms with van der Waals surface area (Å²) in [5, 5.41) is 8.01. The number of carbonyl (C=O) groups is 1. The van der Waals surface area contributed by atoms with Gasteiger partial charge in [-0.15, -0.1) is 11.3 Å². The van der Waals surface area contributed by atoms with E-state index >= 15 is 0 Å². The first-order valence-corrected chi connectivity index (χ1v) is 7.56. The number of amides is 1. The number of rotatable bonds is 3. The van der Waals surface area contributed by atoms with E-state index in [2.05, 4.69) is 20.4 Å². The lowest BCUT2D eigenvalue weighted by atomic mass is 10.2. The number of benzene rings is 1. The molecule has 0 aliphatic carbocycles. The summed E-state index contributed by atoms with van der Waals surface area (Å²) in [5.74, 6) is 0.423. The van der Waals surface area contributed by atoms with E-state index in [1.165, 1.54) is 11.3 Å². The minimum absolute atomic E-state index is 0.201. The van der Waals surface area contributed by atoms with E-state index in [1.54, 1.807) is 11.0 Å². The SMILES string of the molecule is Cc1nc(C(=O)Nc2cccc(-c3ncn(C)n3)c2)c(C)s1. The van der Waals surface area contributed by atoms with Crippen molar-refractivity contribution in [1.29, 1.82) is 0 Å². The van der Waals surface area contributed by atoms with Gasteiger partial charge in [0.05, 0.1) is 5.01 Å². The number of nitrogens with zero attached hydrogens (tertiary/aromatic N) is 4. The van der Waals surface area contributed by atoms with Crippen molar-refractivity contribution in [3.63, 3.8) is 0 Å². The highest BCUT2D eigenvalue weighted by Crippen LogP contribution is 2.21. The van der Waals surface area contributed by atoms with Crippen LogP contribution in [-0.4, -0.2) is 25.7 Å². The van der Waals surface area contributed by atoms with Gasteiger partial charge in [0, 0.05) is 23.2 Å². The molecule has 3 aromatic rings. The molecule has 3 rings (SSSR count). The Bertz CT molecular complexity index is 836. The van der Waals surface area contributed by atoms with Gasteiger partial charge in [-0.05, 0) is 26.0 Å². The molecule has 0 bridgehead atoms. The summed E-state index contributed by atoms with van der Waals surface area (Å²) in [6.45, 7) is 3.79. The van der Waals surface area contributed by atoms with E-state index in [0.29, 0.717) is 17.2 Å². The second-order valence-electron chi connectivity index (χ2n) is 4.91. The van der Waals surface area contributed by atoms with Crippen LogP contribution in [0.3, 0.4) is 0 Å². The monoisotopic (exact) mass is 313 g/mol. The third-order valence-electron chi connectivity index (χ3n) is 3.10. The molecule has 0 saturated heterocycles. The quantitative estimate of drug-likeness (QED) is 0.807. The fraction of sp³-hybridized carbons (Fsp3) is 0.200. The largest absolute Gasteiger partial charge is 0.321 e. The maximum atomic E-state index is 12.3. The van der Waals surface area contributed by atoms with Gasteiger partial charge in [0.25, 0.3) is 5.91 Å². The summed E-state index contributed by atoms with van der Waals surface area (Å²) in [6.07, 6.45) is 1.64. The Morgan fingerprint density at radius 1 is 1.32 bits per heavy atom. The summed E-state index contributed by atoms with van der Waals surface area (Å²) in [6, 6.07) is 7.45. The molecule has 0 aliphatic rings. The van der Waals surface area contributed by atoms with Crippen molar-refractivity contribution in [2.75, 3.05) is 5.32 Å². The highest BCUT2D eigenvalue weighted by Gasteiger charge is 2.14. The van der Waals surface area contributed by atoms with Crippen LogP contribution in [0, 0.1) is 13.8 Å². The van der Waals surface area contributed by atoms with Gasteiger partial charge in [-0.1, -0.05) is 12.1 Å². The third-order valence-corrected chi connectivity index (χ3v) is 3.98. The van der Waals surface area contributed by atoms with Crippen LogP contribution in [0.1, 0.15) is 20.4 Å². The van der Waals surface area contributed by atoms with Gasteiger partial charge >= 0.3 is 0 Å². The smallest absolute Gasteiger partial charge is 0.275 e. The minimum Gasteiger partial charge on any atom is -0.321 e. The van der Waals surface area contributed by atoms with Crippen LogP contribution in [-0.2, 0) is 7.05 Å². The molecule has 0 spiro atoms. The number of aromatic nitrogens is 4. The highest BCUT2D eigenvalue weighted by atomic mass is 32.1. The number of anilines is 1. The summed E-state index contributed by atoms with van der Waals surface area (Å²) in [7, 11) is 1.81. The van der Waals surface area contributed by atoms with Gasteiger partial charge in [0.1, 0.15) is 12.0 Å². The maximum Gasteiger partial charge on any atom is 0.275 e. The van der Waals surface area contributed by atoms with Gasteiger partial charge in [-0.2, -0.15) is 5.10 Å². The zero-order valence-corrected chi connectivity index (χ0v) is 13.3. The van der Waals surface area contributed by atoms with Crippen LogP contribution in [0.5, 0.6) is 0 Å². The predicted molar refractivity (Wildman–Crippen MR) is 86.0 cm³/mol. The fourth-order valence-electron chi connectivity index (χ4n) is 2.14. The molecule has 6 nitrogen and oxygen atoms in total. The molecule has 2 heterocycles. The highest BCUT2D eigenvalue weighted by molar-refractivity contribution is 7.11. The van der Waals surface area contributed by atoms with E-state index in [9.17, 15) is 4.79 Å². The average molecular weight is 313 g/mol. The van der Waals surface area contributed by atoms with E-state index in [1.807, 2.05) is 45.2 Å². The van der Waals surface area contributed by atoms with Crippen molar-refractivity contribution < 1.29 is 4.79 Å². The van der Waals surface area contributed by atoms with Crippen LogP contribution in [0.4, 0.5) is 5.69 Å². The Hall–Kier alpha value is -2.54. The van der Waals surface area contributed by atoms with Crippen molar-refractivity contribution in [1.82, 2.24) is 19.7 Å². The van der Waals surface area contributed by atoms with Crippen molar-refractivity contribution in [3.05, 3.63) is 46.2 Å². The normalized spacial score (nSPS) is 10.7. The number of hydrogen-bond donors (Lipinski definition) is 1. The summed E-state index contributed by atoms with van der Waals surface area (Å²) < 4.78 is 1.64. The first-order valence-electron chi connectivity index (χ1n) is 6.74. The van der Waals surface area contributed by atoms with Crippen molar-refractivity contribution in [2.45, 2.75) is 13.8 Å². The van der Waals surface area contributed by atoms with E-state index in [4.69, 9.17) is 0 Å². The molecule has 112 valence electrons. The molecule has 0 aliphatic heterocycles. The van der Waals surface area contributed by atoms with E-state index < -0.39 is 0 Å². The van der Waals surface area contributed by atoms with E-state index in [-0.39, 0.29) is 5.91 Å². The van der Waals surface area contributed by atoms with Crippen LogP contribution < -0.4 is 5.32 Å². The molecule has 7 heteroatoms. The number of carbonyl (C=O) groups excluding carboxylic acids is 1. The van der Waals surface area contributed by atoms with Gasteiger partial charge in [-0.25, -0.2) is 9.97 Å². The molecule has 0 saturated carbocycles. The van der Waals surface area contributed by atoms with E-state index in [0.717, 1.165) is 15.4 Å². The minimum atomic E-state index is -0.201. The average Bonchev–Trinajstić information content (AvgIpc) is 3.05. The lowest BCUT2D eigenvalue weighted by Crippen LogP contribution is -2.13. The zero-order chi connectivity index (χ0) is 15.7. The molecule has 22 heavy (non-hydrogen) atoms. The van der Waals surface area contributed by atoms with Crippen molar-refractivity contribution >= 4 is 22.9 Å². The lowest BCUT2D eigenvalue weighted by molar-refractivity contribution is 0.102. The lowest BCUT2D eigenvalue weighted by Gasteiger charge is -2.05. The third kappa shape index (κ3) is 2.89. The topological polar surface area (TPSA) is 72.7 Å². The zero-order valence-electron chi connectivity index (χ0n) is 12.5. The number of nitrogens with one attached hydrogen (secondary N) is 1. The maximum absolute atomic E-state index is 12.3. The summed E-state index contributed by atoms with van der Waals surface area (Å²) in [5.41, 5.74) is 2.02. The molecular formula is C15H15N5OS. The molecule has 0 radical (unpaired) electrons. The summed E-state index contributed by atoms with van der Waals surface area (Å²) >= 11 is 1.52. The van der Waals surface area contributed by atoms with Crippen LogP contribution in [0.15, 0.2) is 30.6 Å². The predicted octanol–water partition coefficient (Wildman–Crippen LogP) is 2.81. The Kier molecular flexibility index (Phi) is 3.72. The molecule has 0 atom stereocenters. The van der Waals surface area contributed by atoms with Gasteiger partial charge < -0.3 is 5.32 Å². The first-order chi connectivity index (χ1) is 10.5. The van der Waals surface area contributed by atoms with Crippen LogP contribution in [0.25, 0.3) is 11.4 Å². The summed E-state index contributed by atoms with van der Waals surface area (Å²) in [4.78, 5) is 21.7. The second-order valence-corrected chi connectivity index (χ2v) is 6.32. The first kappa shape index (κ1) is 14.4. The standard InChI is InChI=1S/C15H15N5OS/c1-9-13(17-10(2)22-9)15(21)18-12-6-4-5-11(7-12)14-16-8-20(3)19-14/h4-8H,1-3H3,(H,18,21). The molecule has 1 N–H and O–H groups in total. The Labute approximate surface area is 131 Å². The number of aryl methyl sites for hydroxylation is 3. The van der Waals surface area contributed by atoms with Gasteiger partial charge in [0.15, 0.2) is 5.82 Å². The molecule has 1 amide bonds. The van der Waals surface area contributed by atoms with Crippen molar-refractivity contribution in [3.8, 4) is 11.4 Å². The Morgan fingerprint density at radius 3 is 2.77 bits per heavy atom. The molecule has 0 unspecified atom stereocenters. The van der Waals surface area contributed by atoms with Gasteiger partial charge in [0.2, 0.25) is 0 Å². The number of thiazole rings is 1. The molecular weight excluding hydrogens is 298 g/mol. The van der Waals surface area contributed by atoms with Crippen LogP contribution >= 0.6 is 11.3 Å². The molecule has 2 aromatic heterocycles. The molecule has 1 aromatic carbocycles. The van der Waals surface area contributed by atoms with Gasteiger partial charge in [-0.3, -0.25) is 9.48 Å². The Balaban J connectivity index is 1.84. The Morgan fingerprint density at radius 2 is 2.14 bits per heavy atom. The molecule has 0 fully saturated rings. The van der Waals surface area contributed by atoms with Crippen LogP contribution in [0.2, 0.25) is 0 Å². The number of hydrogen-bond acceptors (Lipinski definition) is 5.